The quantitative estimate of drug-likeness (QED) is 0.875. The van der Waals surface area contributed by atoms with Gasteiger partial charge in [-0.25, -0.2) is 0 Å². The van der Waals surface area contributed by atoms with Crippen LogP contribution in [0.5, 0.6) is 0 Å². The van der Waals surface area contributed by atoms with Crippen LogP contribution in [-0.2, 0) is 0 Å². The van der Waals surface area contributed by atoms with Crippen molar-refractivity contribution in [2.75, 3.05) is 32.7 Å². The first-order chi connectivity index (χ1) is 9.20. The number of nitrogens with zero attached hydrogens (tertiary/aromatic N) is 1. The van der Waals surface area contributed by atoms with Crippen molar-refractivity contribution in [1.82, 2.24) is 10.2 Å². The van der Waals surface area contributed by atoms with Gasteiger partial charge in [-0.1, -0.05) is 25.1 Å². The minimum atomic E-state index is 0.717. The highest BCUT2D eigenvalue weighted by molar-refractivity contribution is 5.31. The third-order valence-corrected chi connectivity index (χ3v) is 4.50. The lowest BCUT2D eigenvalue weighted by Gasteiger charge is -2.29. The summed E-state index contributed by atoms with van der Waals surface area (Å²) < 4.78 is 0. The molecule has 106 valence electrons. The molecule has 2 rings (SSSR count). The lowest BCUT2D eigenvalue weighted by atomic mass is 9.91. The molecule has 1 heterocycles. The number of hydrogen-bond donors (Lipinski definition) is 1. The van der Waals surface area contributed by atoms with Crippen molar-refractivity contribution in [3.63, 3.8) is 0 Å². The van der Waals surface area contributed by atoms with Crippen molar-refractivity contribution in [2.24, 2.45) is 0 Å². The van der Waals surface area contributed by atoms with Gasteiger partial charge in [-0.15, -0.1) is 0 Å². The fourth-order valence-corrected chi connectivity index (χ4v) is 2.90. The van der Waals surface area contributed by atoms with Crippen LogP contribution in [0.2, 0.25) is 0 Å². The van der Waals surface area contributed by atoms with E-state index in [4.69, 9.17) is 0 Å². The molecule has 0 amide bonds. The molecule has 1 unspecified atom stereocenters. The summed E-state index contributed by atoms with van der Waals surface area (Å²) in [4.78, 5) is 2.60. The first kappa shape index (κ1) is 14.5. The Hall–Kier alpha value is -0.860. The number of hydrogen-bond acceptors (Lipinski definition) is 2. The van der Waals surface area contributed by atoms with Gasteiger partial charge in [0.2, 0.25) is 0 Å². The van der Waals surface area contributed by atoms with E-state index in [1.54, 1.807) is 0 Å². The van der Waals surface area contributed by atoms with Crippen LogP contribution in [0.4, 0.5) is 0 Å². The number of nitrogens with one attached hydrogen (secondary N) is 1. The monoisotopic (exact) mass is 260 g/mol. The third kappa shape index (κ3) is 4.05. The molecule has 1 saturated heterocycles. The molecule has 0 aromatic heterocycles. The van der Waals surface area contributed by atoms with Gasteiger partial charge >= 0.3 is 0 Å². The predicted molar refractivity (Wildman–Crippen MR) is 82.9 cm³/mol. The molecule has 2 nitrogen and oxygen atoms in total. The minimum absolute atomic E-state index is 0.717. The summed E-state index contributed by atoms with van der Waals surface area (Å²) in [5.41, 5.74) is 4.36. The van der Waals surface area contributed by atoms with E-state index in [1.165, 1.54) is 49.2 Å². The molecule has 2 heteroatoms. The first-order valence-electron chi connectivity index (χ1n) is 7.71. The Morgan fingerprint density at radius 1 is 1.16 bits per heavy atom. The first-order valence-corrected chi connectivity index (χ1v) is 7.71. The SMILES string of the molecule is CCC(CCN1CCNCC1)c1ccc(C)c(C)c1. The van der Waals surface area contributed by atoms with Crippen LogP contribution in [0.25, 0.3) is 0 Å². The second-order valence-corrected chi connectivity index (χ2v) is 5.83. The molecular formula is C17H28N2. The zero-order valence-corrected chi connectivity index (χ0v) is 12.7. The van der Waals surface area contributed by atoms with Crippen molar-refractivity contribution in [1.29, 1.82) is 0 Å². The Morgan fingerprint density at radius 2 is 1.89 bits per heavy atom. The Labute approximate surface area is 118 Å². The predicted octanol–water partition coefficient (Wildman–Crippen LogP) is 3.09. The van der Waals surface area contributed by atoms with Crippen LogP contribution < -0.4 is 5.32 Å². The van der Waals surface area contributed by atoms with Gasteiger partial charge in [0.05, 0.1) is 0 Å². The topological polar surface area (TPSA) is 15.3 Å². The van der Waals surface area contributed by atoms with Crippen LogP contribution in [0, 0.1) is 13.8 Å². The number of aryl methyl sites for hydroxylation is 2. The molecule has 1 fully saturated rings. The largest absolute Gasteiger partial charge is 0.314 e. The second kappa shape index (κ2) is 7.06. The Kier molecular flexibility index (Phi) is 5.41. The average Bonchev–Trinajstić information content (AvgIpc) is 2.44. The zero-order valence-electron chi connectivity index (χ0n) is 12.7. The maximum atomic E-state index is 3.42. The maximum Gasteiger partial charge on any atom is 0.0107 e. The lowest BCUT2D eigenvalue weighted by Crippen LogP contribution is -2.44. The molecule has 1 atom stereocenters. The Bertz CT molecular complexity index is 394. The highest BCUT2D eigenvalue weighted by atomic mass is 15.2. The van der Waals surface area contributed by atoms with Crippen molar-refractivity contribution in [2.45, 2.75) is 39.5 Å². The molecule has 1 aliphatic heterocycles. The number of rotatable bonds is 5. The van der Waals surface area contributed by atoms with E-state index in [9.17, 15) is 0 Å². The number of benzene rings is 1. The van der Waals surface area contributed by atoms with Gasteiger partial charge in [-0.3, -0.25) is 0 Å². The molecule has 19 heavy (non-hydrogen) atoms. The molecule has 0 saturated carbocycles. The van der Waals surface area contributed by atoms with Crippen LogP contribution in [0.15, 0.2) is 18.2 Å². The molecule has 0 aliphatic carbocycles. The highest BCUT2D eigenvalue weighted by Gasteiger charge is 2.14. The van der Waals surface area contributed by atoms with Gasteiger partial charge < -0.3 is 10.2 Å². The lowest BCUT2D eigenvalue weighted by molar-refractivity contribution is 0.232. The summed E-state index contributed by atoms with van der Waals surface area (Å²) in [5.74, 6) is 0.717. The smallest absolute Gasteiger partial charge is 0.0107 e. The van der Waals surface area contributed by atoms with Crippen molar-refractivity contribution in [3.8, 4) is 0 Å². The van der Waals surface area contributed by atoms with E-state index < -0.39 is 0 Å². The third-order valence-electron chi connectivity index (χ3n) is 4.50. The molecule has 1 N–H and O–H groups in total. The van der Waals surface area contributed by atoms with E-state index in [0.29, 0.717) is 5.92 Å². The van der Waals surface area contributed by atoms with E-state index in [0.717, 1.165) is 13.1 Å². The molecule has 0 spiro atoms. The summed E-state index contributed by atoms with van der Waals surface area (Å²) in [5, 5.41) is 3.42. The molecule has 0 bridgehead atoms. The maximum absolute atomic E-state index is 3.42. The van der Waals surface area contributed by atoms with Crippen molar-refractivity contribution < 1.29 is 0 Å². The summed E-state index contributed by atoms with van der Waals surface area (Å²) >= 11 is 0. The normalized spacial score (nSPS) is 18.5. The molecule has 1 aliphatic rings. The minimum Gasteiger partial charge on any atom is -0.314 e. The van der Waals surface area contributed by atoms with E-state index in [-0.39, 0.29) is 0 Å². The zero-order chi connectivity index (χ0) is 13.7. The molecule has 1 aromatic rings. The fourth-order valence-electron chi connectivity index (χ4n) is 2.90. The second-order valence-electron chi connectivity index (χ2n) is 5.83. The van der Waals surface area contributed by atoms with Gasteiger partial charge in [0, 0.05) is 26.2 Å². The molecular weight excluding hydrogens is 232 g/mol. The average molecular weight is 260 g/mol. The Balaban J connectivity index is 1.93. The highest BCUT2D eigenvalue weighted by Crippen LogP contribution is 2.25. The standard InChI is InChI=1S/C17H28N2/c1-4-16(7-10-19-11-8-18-9-12-19)17-6-5-14(2)15(3)13-17/h5-6,13,16,18H,4,7-12H2,1-3H3. The molecule has 1 aromatic carbocycles. The van der Waals surface area contributed by atoms with Crippen molar-refractivity contribution >= 4 is 0 Å². The van der Waals surface area contributed by atoms with Crippen LogP contribution in [0.3, 0.4) is 0 Å². The van der Waals surface area contributed by atoms with E-state index in [2.05, 4.69) is 49.2 Å². The summed E-state index contributed by atoms with van der Waals surface area (Å²) in [7, 11) is 0. The summed E-state index contributed by atoms with van der Waals surface area (Å²) in [6.07, 6.45) is 2.54. The fraction of sp³-hybridized carbons (Fsp3) is 0.647. The summed E-state index contributed by atoms with van der Waals surface area (Å²) in [6.45, 7) is 12.7. The van der Waals surface area contributed by atoms with Gasteiger partial charge in [-0.2, -0.15) is 0 Å². The summed E-state index contributed by atoms with van der Waals surface area (Å²) in [6, 6.07) is 6.99. The van der Waals surface area contributed by atoms with Gasteiger partial charge in [0.25, 0.3) is 0 Å². The molecule has 0 radical (unpaired) electrons. The van der Waals surface area contributed by atoms with E-state index in [1.807, 2.05) is 0 Å². The Morgan fingerprint density at radius 3 is 2.53 bits per heavy atom. The number of piperazine rings is 1. The van der Waals surface area contributed by atoms with Crippen LogP contribution in [0.1, 0.15) is 42.4 Å². The van der Waals surface area contributed by atoms with Gasteiger partial charge in [-0.05, 0) is 55.8 Å². The van der Waals surface area contributed by atoms with Crippen LogP contribution in [-0.4, -0.2) is 37.6 Å². The van der Waals surface area contributed by atoms with Gasteiger partial charge in [0.1, 0.15) is 0 Å². The van der Waals surface area contributed by atoms with E-state index >= 15 is 0 Å². The van der Waals surface area contributed by atoms with Crippen molar-refractivity contribution in [3.05, 3.63) is 34.9 Å². The van der Waals surface area contributed by atoms with Crippen LogP contribution >= 0.6 is 0 Å². The van der Waals surface area contributed by atoms with Gasteiger partial charge in [0.15, 0.2) is 0 Å².